The molecule has 0 aliphatic heterocycles. The van der Waals surface area contributed by atoms with Crippen LogP contribution in [0.5, 0.6) is 11.5 Å². The Bertz CT molecular complexity index is 766. The number of carbonyl (C=O) groups excluding carboxylic acids is 2. The van der Waals surface area contributed by atoms with Crippen LogP contribution in [0.3, 0.4) is 0 Å². The van der Waals surface area contributed by atoms with Gasteiger partial charge in [-0.15, -0.1) is 0 Å². The van der Waals surface area contributed by atoms with Crippen LogP contribution in [-0.2, 0) is 4.79 Å². The van der Waals surface area contributed by atoms with E-state index >= 15 is 0 Å². The number of nitrogens with one attached hydrogen (secondary N) is 2. The average Bonchev–Trinajstić information content (AvgIpc) is 2.64. The van der Waals surface area contributed by atoms with E-state index in [1.165, 1.54) is 6.07 Å². The SMILES string of the molecule is COc1ccc(C(=O)NCCNC(=O)COc2ccc(Cl)cc2Cl)cc1. The van der Waals surface area contributed by atoms with Gasteiger partial charge in [-0.05, 0) is 42.5 Å². The summed E-state index contributed by atoms with van der Waals surface area (Å²) in [6.07, 6.45) is 0. The summed E-state index contributed by atoms with van der Waals surface area (Å²) in [4.78, 5) is 23.7. The molecule has 0 fully saturated rings. The molecule has 6 nitrogen and oxygen atoms in total. The Kier molecular flexibility index (Phi) is 7.56. The normalized spacial score (nSPS) is 10.1. The van der Waals surface area contributed by atoms with E-state index in [0.29, 0.717) is 27.1 Å². The number of rotatable bonds is 8. The predicted octanol–water partition coefficient (Wildman–Crippen LogP) is 2.93. The Morgan fingerprint density at radius 1 is 1.00 bits per heavy atom. The van der Waals surface area contributed by atoms with Gasteiger partial charge < -0.3 is 20.1 Å². The highest BCUT2D eigenvalue weighted by molar-refractivity contribution is 6.35. The monoisotopic (exact) mass is 396 g/mol. The fourth-order valence-corrected chi connectivity index (χ4v) is 2.47. The lowest BCUT2D eigenvalue weighted by atomic mass is 10.2. The van der Waals surface area contributed by atoms with Gasteiger partial charge in [0, 0.05) is 23.7 Å². The van der Waals surface area contributed by atoms with Gasteiger partial charge in [-0.1, -0.05) is 23.2 Å². The van der Waals surface area contributed by atoms with Crippen molar-refractivity contribution >= 4 is 35.0 Å². The van der Waals surface area contributed by atoms with E-state index in [9.17, 15) is 9.59 Å². The third kappa shape index (κ3) is 6.13. The first kappa shape index (κ1) is 19.9. The number of methoxy groups -OCH3 is 1. The predicted molar refractivity (Wildman–Crippen MR) is 100 cm³/mol. The molecule has 0 aliphatic carbocycles. The summed E-state index contributed by atoms with van der Waals surface area (Å²) in [6.45, 7) is 0.379. The van der Waals surface area contributed by atoms with Crippen molar-refractivity contribution in [2.45, 2.75) is 0 Å². The minimum Gasteiger partial charge on any atom is -0.497 e. The molecule has 2 aromatic carbocycles. The standard InChI is InChI=1S/C18H18Cl2N2O4/c1-25-14-5-2-12(3-6-14)18(24)22-9-8-21-17(23)11-26-16-7-4-13(19)10-15(16)20/h2-7,10H,8-9,11H2,1H3,(H,21,23)(H,22,24). The first-order chi connectivity index (χ1) is 12.5. The topological polar surface area (TPSA) is 76.7 Å². The second-order valence-corrected chi connectivity index (χ2v) is 6.04. The largest absolute Gasteiger partial charge is 0.497 e. The molecule has 0 atom stereocenters. The van der Waals surface area contributed by atoms with E-state index in [1.54, 1.807) is 43.5 Å². The molecule has 0 saturated carbocycles. The van der Waals surface area contributed by atoms with Gasteiger partial charge in [-0.2, -0.15) is 0 Å². The number of halogens is 2. The lowest BCUT2D eigenvalue weighted by molar-refractivity contribution is -0.123. The lowest BCUT2D eigenvalue weighted by Crippen LogP contribution is -2.36. The maximum atomic E-state index is 11.9. The Morgan fingerprint density at radius 2 is 1.69 bits per heavy atom. The van der Waals surface area contributed by atoms with Crippen LogP contribution in [0.2, 0.25) is 10.0 Å². The smallest absolute Gasteiger partial charge is 0.258 e. The van der Waals surface area contributed by atoms with Crippen molar-refractivity contribution in [2.75, 3.05) is 26.8 Å². The summed E-state index contributed by atoms with van der Waals surface area (Å²) in [5.74, 6) is 0.495. The number of ether oxygens (including phenoxy) is 2. The van der Waals surface area contributed by atoms with Gasteiger partial charge in [-0.25, -0.2) is 0 Å². The van der Waals surface area contributed by atoms with Gasteiger partial charge in [-0.3, -0.25) is 9.59 Å². The van der Waals surface area contributed by atoms with Crippen LogP contribution in [0.1, 0.15) is 10.4 Å². The van der Waals surface area contributed by atoms with Crippen LogP contribution >= 0.6 is 23.2 Å². The highest BCUT2D eigenvalue weighted by Gasteiger charge is 2.07. The van der Waals surface area contributed by atoms with Crippen LogP contribution in [-0.4, -0.2) is 38.6 Å². The highest BCUT2D eigenvalue weighted by Crippen LogP contribution is 2.27. The summed E-state index contributed by atoms with van der Waals surface area (Å²) < 4.78 is 10.4. The zero-order valence-corrected chi connectivity index (χ0v) is 15.6. The van der Waals surface area contributed by atoms with Gasteiger partial charge in [0.05, 0.1) is 12.1 Å². The second-order valence-electron chi connectivity index (χ2n) is 5.20. The van der Waals surface area contributed by atoms with E-state index in [0.717, 1.165) is 0 Å². The molecular weight excluding hydrogens is 379 g/mol. The van der Waals surface area contributed by atoms with Crippen molar-refractivity contribution in [3.63, 3.8) is 0 Å². The molecule has 0 saturated heterocycles. The van der Waals surface area contributed by atoms with Crippen LogP contribution < -0.4 is 20.1 Å². The molecular formula is C18H18Cl2N2O4. The van der Waals surface area contributed by atoms with E-state index in [-0.39, 0.29) is 31.5 Å². The van der Waals surface area contributed by atoms with Gasteiger partial charge in [0.15, 0.2) is 6.61 Å². The van der Waals surface area contributed by atoms with Crippen LogP contribution in [0.15, 0.2) is 42.5 Å². The quantitative estimate of drug-likeness (QED) is 0.672. The molecule has 8 heteroatoms. The second kappa shape index (κ2) is 9.89. The zero-order chi connectivity index (χ0) is 18.9. The Hall–Kier alpha value is -2.44. The van der Waals surface area contributed by atoms with Crippen molar-refractivity contribution in [1.29, 1.82) is 0 Å². The first-order valence-electron chi connectivity index (χ1n) is 7.76. The average molecular weight is 397 g/mol. The number of benzene rings is 2. The van der Waals surface area contributed by atoms with Crippen molar-refractivity contribution < 1.29 is 19.1 Å². The molecule has 0 aliphatic rings. The Balaban J connectivity index is 1.67. The van der Waals surface area contributed by atoms with E-state index in [2.05, 4.69) is 10.6 Å². The highest BCUT2D eigenvalue weighted by atomic mass is 35.5. The molecule has 0 spiro atoms. The van der Waals surface area contributed by atoms with E-state index in [1.807, 2.05) is 0 Å². The molecule has 2 rings (SSSR count). The number of hydrogen-bond donors (Lipinski definition) is 2. The maximum Gasteiger partial charge on any atom is 0.258 e. The third-order valence-corrected chi connectivity index (χ3v) is 3.87. The molecule has 26 heavy (non-hydrogen) atoms. The lowest BCUT2D eigenvalue weighted by Gasteiger charge is -2.10. The van der Waals surface area contributed by atoms with E-state index < -0.39 is 0 Å². The van der Waals surface area contributed by atoms with Gasteiger partial charge in [0.25, 0.3) is 11.8 Å². The zero-order valence-electron chi connectivity index (χ0n) is 14.1. The fourth-order valence-electron chi connectivity index (χ4n) is 2.01. The summed E-state index contributed by atoms with van der Waals surface area (Å²) >= 11 is 11.7. The van der Waals surface area contributed by atoms with Crippen LogP contribution in [0.4, 0.5) is 0 Å². The van der Waals surface area contributed by atoms with Crippen molar-refractivity contribution in [2.24, 2.45) is 0 Å². The molecule has 2 N–H and O–H groups in total. The molecule has 0 heterocycles. The molecule has 2 amide bonds. The fraction of sp³-hybridized carbons (Fsp3) is 0.222. The maximum absolute atomic E-state index is 11.9. The van der Waals surface area contributed by atoms with Gasteiger partial charge in [0.1, 0.15) is 11.5 Å². The van der Waals surface area contributed by atoms with Crippen molar-refractivity contribution in [1.82, 2.24) is 10.6 Å². The Labute approximate surface area is 161 Å². The molecule has 0 aromatic heterocycles. The van der Waals surface area contributed by atoms with E-state index in [4.69, 9.17) is 32.7 Å². The van der Waals surface area contributed by atoms with Crippen LogP contribution in [0.25, 0.3) is 0 Å². The van der Waals surface area contributed by atoms with Crippen LogP contribution in [0, 0.1) is 0 Å². The van der Waals surface area contributed by atoms with Crippen molar-refractivity contribution in [3.8, 4) is 11.5 Å². The summed E-state index contributed by atoms with van der Waals surface area (Å²) in [7, 11) is 1.56. The molecule has 2 aromatic rings. The minimum absolute atomic E-state index is 0.187. The molecule has 0 bridgehead atoms. The van der Waals surface area contributed by atoms with Gasteiger partial charge >= 0.3 is 0 Å². The number of hydrogen-bond acceptors (Lipinski definition) is 4. The number of carbonyl (C=O) groups is 2. The summed E-state index contributed by atoms with van der Waals surface area (Å²) in [5, 5.41) is 6.17. The summed E-state index contributed by atoms with van der Waals surface area (Å²) in [5.41, 5.74) is 0.512. The Morgan fingerprint density at radius 3 is 2.35 bits per heavy atom. The molecule has 0 unspecified atom stereocenters. The third-order valence-electron chi connectivity index (χ3n) is 3.34. The molecule has 138 valence electrons. The van der Waals surface area contributed by atoms with Gasteiger partial charge in [0.2, 0.25) is 0 Å². The molecule has 0 radical (unpaired) electrons. The van der Waals surface area contributed by atoms with Crippen molar-refractivity contribution in [3.05, 3.63) is 58.1 Å². The summed E-state index contributed by atoms with van der Waals surface area (Å²) in [6, 6.07) is 11.5. The minimum atomic E-state index is -0.324. The number of amides is 2. The first-order valence-corrected chi connectivity index (χ1v) is 8.52.